The van der Waals surface area contributed by atoms with Gasteiger partial charge in [-0.25, -0.2) is 0 Å². The van der Waals surface area contributed by atoms with E-state index in [0.29, 0.717) is 6.42 Å². The number of hydrogen-bond acceptors (Lipinski definition) is 4. The predicted molar refractivity (Wildman–Crippen MR) is 70.3 cm³/mol. The van der Waals surface area contributed by atoms with Gasteiger partial charge >= 0.3 is 5.97 Å². The monoisotopic (exact) mass is 254 g/mol. The second-order valence-electron chi connectivity index (χ2n) is 3.79. The Kier molecular flexibility index (Phi) is 5.47. The van der Waals surface area contributed by atoms with Crippen molar-refractivity contribution in [3.05, 3.63) is 29.8 Å². The van der Waals surface area contributed by atoms with E-state index in [2.05, 4.69) is 5.32 Å². The summed E-state index contributed by atoms with van der Waals surface area (Å²) >= 11 is 1.68. The second-order valence-corrected chi connectivity index (χ2v) is 4.67. The summed E-state index contributed by atoms with van der Waals surface area (Å²) in [4.78, 5) is 11.9. The third kappa shape index (κ3) is 4.03. The Labute approximate surface area is 106 Å². The highest BCUT2D eigenvalue weighted by molar-refractivity contribution is 7.98. The van der Waals surface area contributed by atoms with Gasteiger partial charge in [0.15, 0.2) is 0 Å². The summed E-state index contributed by atoms with van der Waals surface area (Å²) in [5.41, 5.74) is 6.60. The first-order chi connectivity index (χ1) is 8.08. The minimum Gasteiger partial charge on any atom is -0.480 e. The molecule has 17 heavy (non-hydrogen) atoms. The number of carboxylic acids is 1. The maximum atomic E-state index is 10.7. The number of hydrogen-bond donors (Lipinski definition) is 3. The molecule has 1 aromatic carbocycles. The van der Waals surface area contributed by atoms with Crippen molar-refractivity contribution in [3.63, 3.8) is 0 Å². The van der Waals surface area contributed by atoms with Gasteiger partial charge < -0.3 is 16.2 Å². The molecule has 0 aromatic heterocycles. The van der Waals surface area contributed by atoms with E-state index in [-0.39, 0.29) is 6.04 Å². The molecule has 94 valence electrons. The van der Waals surface area contributed by atoms with Crippen LogP contribution in [0, 0.1) is 0 Å². The minimum absolute atomic E-state index is 0.0305. The van der Waals surface area contributed by atoms with Crippen molar-refractivity contribution < 1.29 is 9.90 Å². The Bertz CT molecular complexity index is 367. The lowest BCUT2D eigenvalue weighted by Crippen LogP contribution is -2.34. The van der Waals surface area contributed by atoms with Gasteiger partial charge in [-0.15, -0.1) is 11.8 Å². The molecule has 0 amide bonds. The van der Waals surface area contributed by atoms with Gasteiger partial charge in [-0.05, 0) is 37.4 Å². The zero-order chi connectivity index (χ0) is 12.8. The van der Waals surface area contributed by atoms with Crippen LogP contribution in [-0.4, -0.2) is 30.4 Å². The minimum atomic E-state index is -0.967. The highest BCUT2D eigenvalue weighted by atomic mass is 32.2. The molecule has 4 N–H and O–H groups in total. The zero-order valence-corrected chi connectivity index (χ0v) is 10.8. The van der Waals surface area contributed by atoms with Gasteiger partial charge in [0.25, 0.3) is 0 Å². The molecule has 0 bridgehead atoms. The summed E-state index contributed by atoms with van der Waals surface area (Å²) in [6, 6.07) is 7.18. The average molecular weight is 254 g/mol. The van der Waals surface area contributed by atoms with Crippen molar-refractivity contribution in [2.45, 2.75) is 23.4 Å². The lowest BCUT2D eigenvalue weighted by atomic mass is 10.00. The van der Waals surface area contributed by atoms with Crippen molar-refractivity contribution in [3.8, 4) is 0 Å². The van der Waals surface area contributed by atoms with Gasteiger partial charge in [-0.1, -0.05) is 12.1 Å². The Morgan fingerprint density at radius 1 is 1.47 bits per heavy atom. The molecule has 0 saturated carbocycles. The normalized spacial score (nSPS) is 14.3. The van der Waals surface area contributed by atoms with Crippen LogP contribution in [-0.2, 0) is 4.79 Å². The number of rotatable bonds is 6. The van der Waals surface area contributed by atoms with Crippen molar-refractivity contribution >= 4 is 17.7 Å². The molecular weight excluding hydrogens is 236 g/mol. The van der Waals surface area contributed by atoms with Crippen molar-refractivity contribution in [1.82, 2.24) is 5.32 Å². The third-order valence-corrected chi connectivity index (χ3v) is 3.42. The van der Waals surface area contributed by atoms with E-state index in [4.69, 9.17) is 10.8 Å². The Balaban J connectivity index is 2.75. The van der Waals surface area contributed by atoms with E-state index >= 15 is 0 Å². The van der Waals surface area contributed by atoms with E-state index in [1.165, 1.54) is 4.90 Å². The van der Waals surface area contributed by atoms with Gasteiger partial charge in [0.2, 0.25) is 0 Å². The Morgan fingerprint density at radius 3 is 2.47 bits per heavy atom. The smallest absolute Gasteiger partial charge is 0.320 e. The van der Waals surface area contributed by atoms with Crippen molar-refractivity contribution in [2.75, 3.05) is 13.3 Å². The first-order valence-corrected chi connectivity index (χ1v) is 6.60. The molecule has 0 radical (unpaired) electrons. The number of nitrogens with one attached hydrogen (secondary N) is 1. The number of benzene rings is 1. The maximum absolute atomic E-state index is 10.7. The maximum Gasteiger partial charge on any atom is 0.320 e. The topological polar surface area (TPSA) is 75.3 Å². The second kappa shape index (κ2) is 6.64. The Morgan fingerprint density at radius 2 is 2.06 bits per heavy atom. The quantitative estimate of drug-likeness (QED) is 0.670. The summed E-state index contributed by atoms with van der Waals surface area (Å²) < 4.78 is 0. The van der Waals surface area contributed by atoms with Crippen LogP contribution in [0.5, 0.6) is 0 Å². The summed E-state index contributed by atoms with van der Waals surface area (Å²) in [6.07, 6.45) is 2.40. The van der Waals surface area contributed by atoms with Crippen LogP contribution in [0.15, 0.2) is 29.2 Å². The molecule has 4 nitrogen and oxygen atoms in total. The summed E-state index contributed by atoms with van der Waals surface area (Å²) in [7, 11) is 1.81. The van der Waals surface area contributed by atoms with Gasteiger partial charge in [-0.2, -0.15) is 0 Å². The van der Waals surface area contributed by atoms with Crippen molar-refractivity contribution in [2.24, 2.45) is 5.73 Å². The van der Waals surface area contributed by atoms with Gasteiger partial charge in [0, 0.05) is 10.9 Å². The van der Waals surface area contributed by atoms with Crippen LogP contribution in [0.25, 0.3) is 0 Å². The lowest BCUT2D eigenvalue weighted by molar-refractivity contribution is -0.138. The molecule has 1 aromatic rings. The number of carbonyl (C=O) groups is 1. The predicted octanol–water partition coefficient (Wildman–Crippen LogP) is 1.47. The first-order valence-electron chi connectivity index (χ1n) is 5.38. The molecule has 0 saturated heterocycles. The average Bonchev–Trinajstić information content (AvgIpc) is 2.35. The number of thioether (sulfide) groups is 1. The molecule has 2 unspecified atom stereocenters. The van der Waals surface area contributed by atoms with Crippen molar-refractivity contribution in [1.29, 1.82) is 0 Å². The number of carboxylic acid groups (broad SMARTS) is 1. The number of aliphatic carboxylic acids is 1. The van der Waals surface area contributed by atoms with E-state index in [1.54, 1.807) is 11.8 Å². The van der Waals surface area contributed by atoms with E-state index < -0.39 is 12.0 Å². The van der Waals surface area contributed by atoms with Crippen LogP contribution >= 0.6 is 11.8 Å². The van der Waals surface area contributed by atoms with E-state index in [9.17, 15) is 4.79 Å². The van der Waals surface area contributed by atoms with Gasteiger partial charge in [-0.3, -0.25) is 4.79 Å². The fraction of sp³-hybridized carbons (Fsp3) is 0.417. The molecular formula is C12H18N2O2S. The zero-order valence-electron chi connectivity index (χ0n) is 10.0. The molecule has 0 heterocycles. The molecule has 0 aliphatic rings. The van der Waals surface area contributed by atoms with E-state index in [0.717, 1.165) is 5.56 Å². The van der Waals surface area contributed by atoms with Crippen LogP contribution in [0.1, 0.15) is 18.0 Å². The Hall–Kier alpha value is -1.04. The fourth-order valence-corrected chi connectivity index (χ4v) is 2.02. The first kappa shape index (κ1) is 14.0. The van der Waals surface area contributed by atoms with Crippen LogP contribution < -0.4 is 11.1 Å². The number of nitrogens with two attached hydrogens (primary N) is 1. The largest absolute Gasteiger partial charge is 0.480 e. The van der Waals surface area contributed by atoms with E-state index in [1.807, 2.05) is 37.6 Å². The molecule has 5 heteroatoms. The molecule has 1 rings (SSSR count). The SMILES string of the molecule is CNC(CC(N)C(=O)O)c1ccc(SC)cc1. The molecule has 0 fully saturated rings. The summed E-state index contributed by atoms with van der Waals surface area (Å²) in [5.74, 6) is -0.967. The molecule has 0 aliphatic heterocycles. The summed E-state index contributed by atoms with van der Waals surface area (Å²) in [5, 5.41) is 11.9. The summed E-state index contributed by atoms with van der Waals surface area (Å²) in [6.45, 7) is 0. The lowest BCUT2D eigenvalue weighted by Gasteiger charge is -2.19. The third-order valence-electron chi connectivity index (χ3n) is 2.67. The molecule has 0 spiro atoms. The standard InChI is InChI=1S/C12H18N2O2S/c1-14-11(7-10(13)12(15)16)8-3-5-9(17-2)6-4-8/h3-6,10-11,14H,7,13H2,1-2H3,(H,15,16). The molecule has 2 atom stereocenters. The van der Waals surface area contributed by atoms with Crippen LogP contribution in [0.4, 0.5) is 0 Å². The highest BCUT2D eigenvalue weighted by Gasteiger charge is 2.18. The van der Waals surface area contributed by atoms with Gasteiger partial charge in [0.05, 0.1) is 0 Å². The highest BCUT2D eigenvalue weighted by Crippen LogP contribution is 2.21. The molecule has 0 aliphatic carbocycles. The van der Waals surface area contributed by atoms with Crippen LogP contribution in [0.3, 0.4) is 0 Å². The van der Waals surface area contributed by atoms with Crippen LogP contribution in [0.2, 0.25) is 0 Å². The fourth-order valence-electron chi connectivity index (χ4n) is 1.61. The van der Waals surface area contributed by atoms with Gasteiger partial charge in [0.1, 0.15) is 6.04 Å².